The van der Waals surface area contributed by atoms with Gasteiger partial charge in [0.15, 0.2) is 5.96 Å². The van der Waals surface area contributed by atoms with E-state index in [9.17, 15) is 12.8 Å². The molecule has 0 aliphatic carbocycles. The summed E-state index contributed by atoms with van der Waals surface area (Å²) in [5.41, 5.74) is 1.44. The van der Waals surface area contributed by atoms with Gasteiger partial charge in [0.05, 0.1) is 12.3 Å². The van der Waals surface area contributed by atoms with Crippen LogP contribution in [0.25, 0.3) is 0 Å². The van der Waals surface area contributed by atoms with Crippen LogP contribution in [0, 0.1) is 12.7 Å². The van der Waals surface area contributed by atoms with E-state index in [2.05, 4.69) is 15.6 Å². The molecule has 1 rings (SSSR count). The minimum absolute atomic E-state index is 0. The molecular formula is C13H22FIN4O2S. The van der Waals surface area contributed by atoms with Crippen molar-refractivity contribution in [2.24, 2.45) is 10.1 Å². The molecule has 0 aliphatic heterocycles. The van der Waals surface area contributed by atoms with Gasteiger partial charge >= 0.3 is 0 Å². The Balaban J connectivity index is 0.00000441. The van der Waals surface area contributed by atoms with Crippen LogP contribution in [-0.4, -0.2) is 33.2 Å². The molecule has 0 aromatic heterocycles. The standard InChI is InChI=1S/C13H21FN4O2S.HI/c1-3-16-13(17-6-7-21(15,19)20)18-9-11-4-5-12(14)10(2)8-11;/h4-5,8H,3,6-7,9H2,1-2H3,(H2,15,19,20)(H2,16,17,18);1H. The fraction of sp³-hybridized carbons (Fsp3) is 0.462. The topological polar surface area (TPSA) is 96.6 Å². The van der Waals surface area contributed by atoms with Crippen LogP contribution in [0.1, 0.15) is 18.1 Å². The van der Waals surface area contributed by atoms with Crippen molar-refractivity contribution in [3.8, 4) is 0 Å². The number of primary sulfonamides is 1. The van der Waals surface area contributed by atoms with Gasteiger partial charge in [0, 0.05) is 13.1 Å². The summed E-state index contributed by atoms with van der Waals surface area (Å²) >= 11 is 0. The van der Waals surface area contributed by atoms with E-state index < -0.39 is 10.0 Å². The third kappa shape index (κ3) is 8.49. The Hall–Kier alpha value is -0.940. The van der Waals surface area contributed by atoms with Crippen LogP contribution < -0.4 is 15.8 Å². The highest BCUT2D eigenvalue weighted by Crippen LogP contribution is 2.09. The van der Waals surface area contributed by atoms with E-state index in [1.165, 1.54) is 6.07 Å². The molecule has 126 valence electrons. The van der Waals surface area contributed by atoms with Crippen molar-refractivity contribution in [3.63, 3.8) is 0 Å². The molecule has 0 fully saturated rings. The number of rotatable bonds is 6. The quantitative estimate of drug-likeness (QED) is 0.348. The Morgan fingerprint density at radius 1 is 1.36 bits per heavy atom. The van der Waals surface area contributed by atoms with E-state index in [1.807, 2.05) is 6.92 Å². The van der Waals surface area contributed by atoms with Crippen LogP contribution in [-0.2, 0) is 16.6 Å². The molecule has 9 heteroatoms. The van der Waals surface area contributed by atoms with E-state index in [0.717, 1.165) is 5.56 Å². The summed E-state index contributed by atoms with van der Waals surface area (Å²) in [5, 5.41) is 10.8. The van der Waals surface area contributed by atoms with E-state index in [0.29, 0.717) is 24.6 Å². The van der Waals surface area contributed by atoms with Crippen molar-refractivity contribution in [1.29, 1.82) is 0 Å². The molecule has 6 nitrogen and oxygen atoms in total. The fourth-order valence-corrected chi connectivity index (χ4v) is 2.02. The largest absolute Gasteiger partial charge is 0.357 e. The number of nitrogens with two attached hydrogens (primary N) is 1. The Bertz CT molecular complexity index is 608. The fourth-order valence-electron chi connectivity index (χ4n) is 1.63. The van der Waals surface area contributed by atoms with E-state index in [-0.39, 0.29) is 42.1 Å². The van der Waals surface area contributed by atoms with Crippen molar-refractivity contribution in [2.45, 2.75) is 20.4 Å². The highest BCUT2D eigenvalue weighted by molar-refractivity contribution is 14.0. The lowest BCUT2D eigenvalue weighted by molar-refractivity contribution is 0.596. The van der Waals surface area contributed by atoms with Gasteiger partial charge in [0.2, 0.25) is 10.0 Å². The van der Waals surface area contributed by atoms with E-state index in [1.54, 1.807) is 19.1 Å². The second-order valence-electron chi connectivity index (χ2n) is 4.57. The van der Waals surface area contributed by atoms with Crippen LogP contribution >= 0.6 is 24.0 Å². The summed E-state index contributed by atoms with van der Waals surface area (Å²) in [7, 11) is -3.50. The second-order valence-corrected chi connectivity index (χ2v) is 6.31. The molecule has 0 spiro atoms. The number of nitrogens with zero attached hydrogens (tertiary/aromatic N) is 1. The Kier molecular flexibility index (Phi) is 9.53. The van der Waals surface area contributed by atoms with Gasteiger partial charge in [0.25, 0.3) is 0 Å². The molecule has 0 radical (unpaired) electrons. The maximum Gasteiger partial charge on any atom is 0.210 e. The number of hydrogen-bond acceptors (Lipinski definition) is 3. The van der Waals surface area contributed by atoms with Gasteiger partial charge in [-0.2, -0.15) is 0 Å². The lowest BCUT2D eigenvalue weighted by atomic mass is 10.1. The first-order chi connectivity index (χ1) is 9.81. The summed E-state index contributed by atoms with van der Waals surface area (Å²) in [5.74, 6) is 0.0663. The molecule has 0 amide bonds. The van der Waals surface area contributed by atoms with E-state index in [4.69, 9.17) is 5.14 Å². The minimum atomic E-state index is -3.50. The van der Waals surface area contributed by atoms with Crippen LogP contribution in [0.5, 0.6) is 0 Å². The number of hydrogen-bond donors (Lipinski definition) is 3. The summed E-state index contributed by atoms with van der Waals surface area (Å²) in [6, 6.07) is 4.80. The Morgan fingerprint density at radius 3 is 2.59 bits per heavy atom. The number of aryl methyl sites for hydroxylation is 1. The smallest absolute Gasteiger partial charge is 0.210 e. The van der Waals surface area contributed by atoms with Crippen LogP contribution in [0.3, 0.4) is 0 Å². The predicted octanol–water partition coefficient (Wildman–Crippen LogP) is 1.10. The van der Waals surface area contributed by atoms with Crippen molar-refractivity contribution >= 4 is 40.0 Å². The highest BCUT2D eigenvalue weighted by Gasteiger charge is 2.04. The number of guanidine groups is 1. The maximum absolute atomic E-state index is 13.2. The predicted molar refractivity (Wildman–Crippen MR) is 97.3 cm³/mol. The SMILES string of the molecule is CCNC(=NCc1ccc(F)c(C)c1)NCCS(N)(=O)=O.I. The molecule has 1 aromatic rings. The van der Waals surface area contributed by atoms with Crippen molar-refractivity contribution in [2.75, 3.05) is 18.8 Å². The third-order valence-corrected chi connectivity index (χ3v) is 3.44. The third-order valence-electron chi connectivity index (χ3n) is 2.67. The molecule has 0 saturated carbocycles. The number of aliphatic imine (C=N–C) groups is 1. The number of halogens is 2. The minimum Gasteiger partial charge on any atom is -0.357 e. The lowest BCUT2D eigenvalue weighted by Crippen LogP contribution is -2.40. The number of sulfonamides is 1. The Labute approximate surface area is 147 Å². The zero-order chi connectivity index (χ0) is 15.9. The monoisotopic (exact) mass is 444 g/mol. The molecular weight excluding hydrogens is 422 g/mol. The normalized spacial score (nSPS) is 11.7. The molecule has 4 N–H and O–H groups in total. The first-order valence-electron chi connectivity index (χ1n) is 6.59. The average Bonchev–Trinajstić information content (AvgIpc) is 2.38. The average molecular weight is 444 g/mol. The van der Waals surface area contributed by atoms with Crippen LogP contribution in [0.2, 0.25) is 0 Å². The van der Waals surface area contributed by atoms with Crippen molar-refractivity contribution in [3.05, 3.63) is 35.1 Å². The first-order valence-corrected chi connectivity index (χ1v) is 8.31. The van der Waals surface area contributed by atoms with Crippen molar-refractivity contribution < 1.29 is 12.8 Å². The summed E-state index contributed by atoms with van der Waals surface area (Å²) in [6.07, 6.45) is 0. The first kappa shape index (κ1) is 21.1. The highest BCUT2D eigenvalue weighted by atomic mass is 127. The molecule has 0 bridgehead atoms. The van der Waals surface area contributed by atoms with Gasteiger partial charge in [-0.05, 0) is 31.0 Å². The zero-order valence-corrected chi connectivity index (χ0v) is 15.7. The lowest BCUT2D eigenvalue weighted by Gasteiger charge is -2.10. The summed E-state index contributed by atoms with van der Waals surface area (Å²) in [4.78, 5) is 4.31. The Morgan fingerprint density at radius 2 is 2.05 bits per heavy atom. The summed E-state index contributed by atoms with van der Waals surface area (Å²) in [6.45, 7) is 4.78. The summed E-state index contributed by atoms with van der Waals surface area (Å²) < 4.78 is 34.9. The van der Waals surface area contributed by atoms with Crippen LogP contribution in [0.15, 0.2) is 23.2 Å². The van der Waals surface area contributed by atoms with Gasteiger partial charge in [0.1, 0.15) is 5.82 Å². The van der Waals surface area contributed by atoms with Crippen molar-refractivity contribution in [1.82, 2.24) is 10.6 Å². The van der Waals surface area contributed by atoms with Gasteiger partial charge in [-0.1, -0.05) is 12.1 Å². The van der Waals surface area contributed by atoms with Gasteiger partial charge in [-0.15, -0.1) is 24.0 Å². The molecule has 0 unspecified atom stereocenters. The number of benzene rings is 1. The molecule has 0 heterocycles. The second kappa shape index (κ2) is 9.95. The number of nitrogens with one attached hydrogen (secondary N) is 2. The molecule has 0 saturated heterocycles. The molecule has 0 aliphatic rings. The van der Waals surface area contributed by atoms with Gasteiger partial charge in [-0.25, -0.2) is 22.9 Å². The van der Waals surface area contributed by atoms with Crippen LogP contribution in [0.4, 0.5) is 4.39 Å². The zero-order valence-electron chi connectivity index (χ0n) is 12.6. The molecule has 0 atom stereocenters. The van der Waals surface area contributed by atoms with Gasteiger partial charge in [-0.3, -0.25) is 0 Å². The van der Waals surface area contributed by atoms with Gasteiger partial charge < -0.3 is 10.6 Å². The molecule has 1 aromatic carbocycles. The molecule has 22 heavy (non-hydrogen) atoms. The van der Waals surface area contributed by atoms with E-state index >= 15 is 0 Å². The maximum atomic E-state index is 13.2.